The third-order valence-electron chi connectivity index (χ3n) is 7.03. The summed E-state index contributed by atoms with van der Waals surface area (Å²) in [5.41, 5.74) is 3.82. The van der Waals surface area contributed by atoms with Crippen LogP contribution in [0.1, 0.15) is 77.3 Å². The number of allylic oxidation sites excluding steroid dienone is 3. The lowest BCUT2D eigenvalue weighted by Crippen LogP contribution is -2.37. The molecule has 1 atom stereocenters. The lowest BCUT2D eigenvalue weighted by atomic mass is 9.90. The second kappa shape index (κ2) is 15.1. The Balaban J connectivity index is 1.97. The van der Waals surface area contributed by atoms with E-state index in [1.54, 1.807) is 7.11 Å². The van der Waals surface area contributed by atoms with Crippen molar-refractivity contribution in [2.45, 2.75) is 66.2 Å². The summed E-state index contributed by atoms with van der Waals surface area (Å²) in [7, 11) is 1.63. The summed E-state index contributed by atoms with van der Waals surface area (Å²) in [6.45, 7) is 11.2. The number of benzene rings is 1. The van der Waals surface area contributed by atoms with Crippen molar-refractivity contribution in [1.29, 1.82) is 0 Å². The molecule has 40 heavy (non-hydrogen) atoms. The van der Waals surface area contributed by atoms with Gasteiger partial charge in [-0.1, -0.05) is 51.1 Å². The normalized spacial score (nSPS) is 16.5. The van der Waals surface area contributed by atoms with E-state index in [4.69, 9.17) is 15.6 Å². The fourth-order valence-electron chi connectivity index (χ4n) is 5.21. The highest BCUT2D eigenvalue weighted by Crippen LogP contribution is 2.39. The van der Waals surface area contributed by atoms with Crippen LogP contribution in [0.2, 0.25) is 0 Å². The van der Waals surface area contributed by atoms with Crippen LogP contribution in [0.5, 0.6) is 5.75 Å². The number of carbonyl (C=O) groups is 2. The van der Waals surface area contributed by atoms with Gasteiger partial charge in [-0.3, -0.25) is 9.59 Å². The summed E-state index contributed by atoms with van der Waals surface area (Å²) in [6, 6.07) is 3.85. The van der Waals surface area contributed by atoms with Crippen LogP contribution in [-0.2, 0) is 9.59 Å². The molecule has 2 N–H and O–H groups in total. The third kappa shape index (κ3) is 7.46. The highest BCUT2D eigenvalue weighted by Gasteiger charge is 2.25. The summed E-state index contributed by atoms with van der Waals surface area (Å²) >= 11 is 0. The first-order valence-electron chi connectivity index (χ1n) is 14.5. The molecule has 0 bridgehead atoms. The van der Waals surface area contributed by atoms with Gasteiger partial charge >= 0.3 is 0 Å². The zero-order valence-electron chi connectivity index (χ0n) is 24.7. The fraction of sp³-hybridized carbons (Fsp3) is 0.516. The first kappa shape index (κ1) is 30.8. The largest absolute Gasteiger partial charge is 0.496 e. The van der Waals surface area contributed by atoms with Crippen LogP contribution in [0.25, 0.3) is 11.6 Å². The maximum absolute atomic E-state index is 13.5. The molecule has 1 aliphatic carbocycles. The average molecular weight is 549 g/mol. The molecule has 1 aliphatic heterocycles. The number of aliphatic imine (C=N–C) groups is 1. The molecule has 0 spiro atoms. The topological polar surface area (TPSA) is 113 Å². The van der Waals surface area contributed by atoms with Crippen LogP contribution in [0.4, 0.5) is 5.69 Å². The Morgan fingerprint density at radius 3 is 2.23 bits per heavy atom. The molecule has 9 heteroatoms. The lowest BCUT2D eigenvalue weighted by molar-refractivity contribution is -0.134. The van der Waals surface area contributed by atoms with Gasteiger partial charge < -0.3 is 20.4 Å². The van der Waals surface area contributed by atoms with Crippen molar-refractivity contribution in [3.63, 3.8) is 0 Å². The number of amidine groups is 1. The molecule has 1 aromatic rings. The SMILES string of the molecule is CCCN(CCC)C(=O)C1=Cc2cc(OC)c(C3=CCC(C(=O)N(CCC)CCC)C=C3)cc2N=C(N=NN)C1. The summed E-state index contributed by atoms with van der Waals surface area (Å²) in [4.78, 5) is 35.2. The first-order chi connectivity index (χ1) is 19.4. The van der Waals surface area contributed by atoms with Crippen LogP contribution in [0.15, 0.2) is 51.3 Å². The van der Waals surface area contributed by atoms with Crippen molar-refractivity contribution < 1.29 is 14.3 Å². The number of carbonyl (C=O) groups excluding carboxylic acids is 2. The monoisotopic (exact) mass is 548 g/mol. The molecular weight excluding hydrogens is 504 g/mol. The van der Waals surface area contributed by atoms with E-state index in [9.17, 15) is 9.59 Å². The molecule has 216 valence electrons. The summed E-state index contributed by atoms with van der Waals surface area (Å²) < 4.78 is 5.79. The van der Waals surface area contributed by atoms with Crippen molar-refractivity contribution in [2.75, 3.05) is 33.3 Å². The zero-order valence-corrected chi connectivity index (χ0v) is 24.7. The highest BCUT2D eigenvalue weighted by molar-refractivity contribution is 6.06. The summed E-state index contributed by atoms with van der Waals surface area (Å²) in [5, 5.41) is 7.48. The Labute approximate surface area is 238 Å². The molecule has 2 aliphatic rings. The van der Waals surface area contributed by atoms with E-state index >= 15 is 0 Å². The molecule has 0 aromatic heterocycles. The van der Waals surface area contributed by atoms with Gasteiger partial charge in [-0.25, -0.2) is 4.99 Å². The number of methoxy groups -OCH3 is 1. The maximum Gasteiger partial charge on any atom is 0.250 e. The van der Waals surface area contributed by atoms with Crippen LogP contribution in [-0.4, -0.2) is 60.7 Å². The van der Waals surface area contributed by atoms with E-state index in [0.29, 0.717) is 42.4 Å². The second-order valence-corrected chi connectivity index (χ2v) is 10.2. The number of ether oxygens (including phenoxy) is 1. The van der Waals surface area contributed by atoms with Gasteiger partial charge in [0.05, 0.1) is 18.7 Å². The standard InChI is InChI=1S/C31H44N6O3/c1-6-14-36(15-7-2)30(38)23-12-10-22(11-13-23)26-21-27-24(19-28(26)40-5)18-25(20-29(33-27)34-35-32)31(39)37(16-8-3)17-9-4/h10-12,18-19,21,23H,6-9,13-17,20H2,1-5H3,(H2,32,33,34). The smallest absolute Gasteiger partial charge is 0.250 e. The minimum Gasteiger partial charge on any atom is -0.496 e. The number of hydrogen-bond acceptors (Lipinski definition) is 6. The Morgan fingerprint density at radius 2 is 1.68 bits per heavy atom. The number of amides is 2. The number of fused-ring (bicyclic) bond motifs is 1. The Bertz CT molecular complexity index is 1200. The van der Waals surface area contributed by atoms with E-state index in [1.807, 2.05) is 40.2 Å². The Hall–Kier alpha value is -3.75. The van der Waals surface area contributed by atoms with E-state index in [0.717, 1.165) is 55.5 Å². The molecule has 1 aromatic carbocycles. The van der Waals surface area contributed by atoms with Crippen LogP contribution < -0.4 is 10.6 Å². The van der Waals surface area contributed by atoms with Crippen molar-refractivity contribution in [3.05, 3.63) is 47.1 Å². The van der Waals surface area contributed by atoms with Gasteiger partial charge in [0, 0.05) is 49.3 Å². The summed E-state index contributed by atoms with van der Waals surface area (Å²) in [6.07, 6.45) is 12.4. The van der Waals surface area contributed by atoms with Gasteiger partial charge in [-0.15, -0.1) is 5.11 Å². The molecule has 3 rings (SSSR count). The number of nitrogens with zero attached hydrogens (tertiary/aromatic N) is 5. The molecule has 1 unspecified atom stereocenters. The molecule has 0 radical (unpaired) electrons. The van der Waals surface area contributed by atoms with Gasteiger partial charge in [-0.05, 0) is 55.9 Å². The van der Waals surface area contributed by atoms with E-state index in [2.05, 4.69) is 44.1 Å². The van der Waals surface area contributed by atoms with Crippen molar-refractivity contribution in [1.82, 2.24) is 9.80 Å². The second-order valence-electron chi connectivity index (χ2n) is 10.2. The quantitative estimate of drug-likeness (QED) is 0.193. The van der Waals surface area contributed by atoms with Gasteiger partial charge in [0.25, 0.3) is 0 Å². The average Bonchev–Trinajstić information content (AvgIpc) is 3.14. The Kier molecular flexibility index (Phi) is 11.7. The molecule has 0 saturated heterocycles. The lowest BCUT2D eigenvalue weighted by Gasteiger charge is -2.26. The van der Waals surface area contributed by atoms with Crippen LogP contribution >= 0.6 is 0 Å². The van der Waals surface area contributed by atoms with Crippen LogP contribution in [0, 0.1) is 5.92 Å². The molecule has 0 saturated carbocycles. The zero-order chi connectivity index (χ0) is 29.1. The Morgan fingerprint density at radius 1 is 1.02 bits per heavy atom. The fourth-order valence-corrected chi connectivity index (χ4v) is 5.21. The van der Waals surface area contributed by atoms with Crippen molar-refractivity contribution in [2.24, 2.45) is 27.1 Å². The van der Waals surface area contributed by atoms with E-state index in [-0.39, 0.29) is 24.2 Å². The minimum absolute atomic E-state index is 0.0339. The van der Waals surface area contributed by atoms with Crippen molar-refractivity contribution >= 4 is 35.0 Å². The van der Waals surface area contributed by atoms with Gasteiger partial charge in [-0.2, -0.15) is 0 Å². The van der Waals surface area contributed by atoms with Crippen LogP contribution in [0.3, 0.4) is 0 Å². The molecule has 2 amide bonds. The first-order valence-corrected chi connectivity index (χ1v) is 14.5. The highest BCUT2D eigenvalue weighted by atomic mass is 16.5. The minimum atomic E-state index is -0.172. The van der Waals surface area contributed by atoms with Gasteiger partial charge in [0.1, 0.15) is 5.75 Å². The summed E-state index contributed by atoms with van der Waals surface area (Å²) in [5.74, 6) is 6.39. The molecule has 1 heterocycles. The number of hydrogen-bond donors (Lipinski definition) is 1. The third-order valence-corrected chi connectivity index (χ3v) is 7.03. The van der Waals surface area contributed by atoms with Gasteiger partial charge in [0.2, 0.25) is 11.8 Å². The molecular formula is C31H44N6O3. The maximum atomic E-state index is 13.5. The predicted molar refractivity (Wildman–Crippen MR) is 161 cm³/mol. The van der Waals surface area contributed by atoms with Crippen molar-refractivity contribution in [3.8, 4) is 5.75 Å². The molecule has 9 nitrogen and oxygen atoms in total. The van der Waals surface area contributed by atoms with Gasteiger partial charge in [0.15, 0.2) is 5.84 Å². The van der Waals surface area contributed by atoms with E-state index in [1.165, 1.54) is 0 Å². The predicted octanol–water partition coefficient (Wildman–Crippen LogP) is 6.09. The molecule has 0 fully saturated rings. The van der Waals surface area contributed by atoms with E-state index < -0.39 is 0 Å². The number of nitrogens with two attached hydrogens (primary N) is 1. The number of rotatable bonds is 12.